The number of nitrogens with zero attached hydrogens (tertiary/aromatic N) is 2. The van der Waals surface area contributed by atoms with Crippen LogP contribution in [0.25, 0.3) is 0 Å². The molecular formula is C23H19Cl2N3O3. The van der Waals surface area contributed by atoms with Crippen LogP contribution in [0, 0.1) is 6.92 Å². The van der Waals surface area contributed by atoms with E-state index in [4.69, 9.17) is 32.4 Å². The van der Waals surface area contributed by atoms with Crippen molar-refractivity contribution in [2.24, 2.45) is 0 Å². The van der Waals surface area contributed by atoms with E-state index in [1.54, 1.807) is 47.4 Å². The predicted octanol–water partition coefficient (Wildman–Crippen LogP) is 5.97. The molecule has 0 aliphatic rings. The van der Waals surface area contributed by atoms with Gasteiger partial charge in [0, 0.05) is 6.20 Å². The van der Waals surface area contributed by atoms with Gasteiger partial charge >= 0.3 is 0 Å². The summed E-state index contributed by atoms with van der Waals surface area (Å²) in [5, 5.41) is 7.81. The highest BCUT2D eigenvalue weighted by atomic mass is 35.5. The number of carbonyl (C=O) groups excluding carboxylic acids is 1. The lowest BCUT2D eigenvalue weighted by Gasteiger charge is -2.07. The Balaban J connectivity index is 1.34. The lowest BCUT2D eigenvalue weighted by Crippen LogP contribution is -2.10. The first-order valence-electron chi connectivity index (χ1n) is 9.53. The zero-order chi connectivity index (χ0) is 21.8. The van der Waals surface area contributed by atoms with Crippen LogP contribution in [0.1, 0.15) is 27.4 Å². The molecule has 0 fully saturated rings. The van der Waals surface area contributed by atoms with Crippen LogP contribution < -0.4 is 10.1 Å². The first-order valence-corrected chi connectivity index (χ1v) is 10.3. The summed E-state index contributed by atoms with van der Waals surface area (Å²) in [5.41, 5.74) is 2.91. The van der Waals surface area contributed by atoms with Gasteiger partial charge in [0.15, 0.2) is 5.76 Å². The molecule has 4 rings (SSSR count). The average Bonchev–Trinajstić information content (AvgIpc) is 3.40. The number of rotatable bonds is 7. The molecule has 2 heterocycles. The van der Waals surface area contributed by atoms with Crippen molar-refractivity contribution in [1.82, 2.24) is 9.78 Å². The average molecular weight is 456 g/mol. The Kier molecular flexibility index (Phi) is 6.30. The van der Waals surface area contributed by atoms with Gasteiger partial charge in [0.2, 0.25) is 0 Å². The fourth-order valence-electron chi connectivity index (χ4n) is 2.91. The minimum absolute atomic E-state index is 0.113. The van der Waals surface area contributed by atoms with Crippen LogP contribution in [0.15, 0.2) is 71.4 Å². The fraction of sp³-hybridized carbons (Fsp3) is 0.130. The van der Waals surface area contributed by atoms with Gasteiger partial charge in [-0.25, -0.2) is 0 Å². The highest BCUT2D eigenvalue weighted by molar-refractivity contribution is 6.42. The van der Waals surface area contributed by atoms with E-state index in [2.05, 4.69) is 34.7 Å². The zero-order valence-electron chi connectivity index (χ0n) is 16.6. The number of halogens is 2. The first kappa shape index (κ1) is 21.0. The highest BCUT2D eigenvalue weighted by Crippen LogP contribution is 2.32. The van der Waals surface area contributed by atoms with Gasteiger partial charge in [-0.05, 0) is 36.8 Å². The number of aryl methyl sites for hydroxylation is 1. The van der Waals surface area contributed by atoms with E-state index in [-0.39, 0.29) is 18.3 Å². The van der Waals surface area contributed by atoms with Gasteiger partial charge in [-0.3, -0.25) is 9.48 Å². The second-order valence-electron chi connectivity index (χ2n) is 6.97. The molecule has 8 heteroatoms. The van der Waals surface area contributed by atoms with Crippen LogP contribution in [-0.4, -0.2) is 15.7 Å². The van der Waals surface area contributed by atoms with E-state index in [9.17, 15) is 4.79 Å². The van der Waals surface area contributed by atoms with Crippen LogP contribution in [0.4, 0.5) is 5.69 Å². The van der Waals surface area contributed by atoms with Crippen molar-refractivity contribution >= 4 is 34.8 Å². The molecule has 0 saturated heterocycles. The van der Waals surface area contributed by atoms with Gasteiger partial charge in [0.1, 0.15) is 23.1 Å². The molecule has 0 aliphatic heterocycles. The molecule has 0 spiro atoms. The van der Waals surface area contributed by atoms with Crippen molar-refractivity contribution in [1.29, 1.82) is 0 Å². The molecule has 6 nitrogen and oxygen atoms in total. The summed E-state index contributed by atoms with van der Waals surface area (Å²) >= 11 is 12.1. The lowest BCUT2D eigenvalue weighted by molar-refractivity contribution is 0.0992. The minimum Gasteiger partial charge on any atom is -0.484 e. The Labute approximate surface area is 189 Å². The van der Waals surface area contributed by atoms with Crippen LogP contribution in [0.3, 0.4) is 0 Å². The van der Waals surface area contributed by atoms with E-state index in [0.29, 0.717) is 33.8 Å². The normalized spacial score (nSPS) is 10.8. The third-order valence-electron chi connectivity index (χ3n) is 4.53. The van der Waals surface area contributed by atoms with E-state index in [1.807, 2.05) is 6.92 Å². The maximum Gasteiger partial charge on any atom is 0.291 e. The van der Waals surface area contributed by atoms with Gasteiger partial charge in [0.05, 0.1) is 23.5 Å². The Morgan fingerprint density at radius 3 is 2.74 bits per heavy atom. The van der Waals surface area contributed by atoms with Crippen molar-refractivity contribution in [3.8, 4) is 5.75 Å². The monoisotopic (exact) mass is 455 g/mol. The van der Waals surface area contributed by atoms with Crippen LogP contribution in [-0.2, 0) is 13.2 Å². The van der Waals surface area contributed by atoms with Crippen molar-refractivity contribution in [2.45, 2.75) is 20.1 Å². The number of carbonyl (C=O) groups is 1. The SMILES string of the molecule is Cc1ccc(Cn2cc(NC(=O)c3ccc(COc4cccc(Cl)c4Cl)o3)cn2)cc1. The number of furan rings is 1. The van der Waals surface area contributed by atoms with Crippen molar-refractivity contribution in [2.75, 3.05) is 5.32 Å². The molecule has 0 aliphatic carbocycles. The molecule has 0 unspecified atom stereocenters. The van der Waals surface area contributed by atoms with Gasteiger partial charge in [-0.2, -0.15) is 5.10 Å². The number of hydrogen-bond acceptors (Lipinski definition) is 4. The maximum absolute atomic E-state index is 12.5. The Hall–Kier alpha value is -3.22. The highest BCUT2D eigenvalue weighted by Gasteiger charge is 2.14. The number of nitrogens with one attached hydrogen (secondary N) is 1. The number of amides is 1. The number of benzene rings is 2. The summed E-state index contributed by atoms with van der Waals surface area (Å²) in [6, 6.07) is 16.6. The molecule has 0 atom stereocenters. The van der Waals surface area contributed by atoms with E-state index in [0.717, 1.165) is 5.56 Å². The fourth-order valence-corrected chi connectivity index (χ4v) is 3.26. The molecule has 2 aromatic carbocycles. The van der Waals surface area contributed by atoms with E-state index in [1.165, 1.54) is 5.56 Å². The maximum atomic E-state index is 12.5. The molecule has 1 amide bonds. The van der Waals surface area contributed by atoms with Gasteiger partial charge in [-0.1, -0.05) is 59.1 Å². The summed E-state index contributed by atoms with van der Waals surface area (Å²) in [6.07, 6.45) is 3.37. The smallest absolute Gasteiger partial charge is 0.291 e. The summed E-state index contributed by atoms with van der Waals surface area (Å²) in [4.78, 5) is 12.5. The molecule has 0 radical (unpaired) electrons. The largest absolute Gasteiger partial charge is 0.484 e. The number of aromatic nitrogens is 2. The van der Waals surface area contributed by atoms with E-state index < -0.39 is 0 Å². The van der Waals surface area contributed by atoms with Crippen molar-refractivity contribution in [3.05, 3.63) is 99.7 Å². The molecule has 4 aromatic rings. The third kappa shape index (κ3) is 5.29. The first-order chi connectivity index (χ1) is 15.0. The predicted molar refractivity (Wildman–Crippen MR) is 120 cm³/mol. The molecule has 2 aromatic heterocycles. The molecular weight excluding hydrogens is 437 g/mol. The molecule has 0 bridgehead atoms. The number of anilines is 1. The summed E-state index contributed by atoms with van der Waals surface area (Å²) in [6.45, 7) is 2.77. The second-order valence-corrected chi connectivity index (χ2v) is 7.76. The Bertz CT molecular complexity index is 1200. The Morgan fingerprint density at radius 2 is 1.94 bits per heavy atom. The summed E-state index contributed by atoms with van der Waals surface area (Å²) < 4.78 is 13.0. The van der Waals surface area contributed by atoms with Crippen molar-refractivity contribution < 1.29 is 13.9 Å². The van der Waals surface area contributed by atoms with E-state index >= 15 is 0 Å². The van der Waals surface area contributed by atoms with Gasteiger partial charge in [-0.15, -0.1) is 0 Å². The van der Waals surface area contributed by atoms with Crippen molar-refractivity contribution in [3.63, 3.8) is 0 Å². The third-order valence-corrected chi connectivity index (χ3v) is 5.33. The second kappa shape index (κ2) is 9.29. The lowest BCUT2D eigenvalue weighted by atomic mass is 10.1. The quantitative estimate of drug-likeness (QED) is 0.372. The molecule has 31 heavy (non-hydrogen) atoms. The van der Waals surface area contributed by atoms with Gasteiger partial charge < -0.3 is 14.5 Å². The number of ether oxygens (including phenoxy) is 1. The minimum atomic E-state index is -0.373. The summed E-state index contributed by atoms with van der Waals surface area (Å²) in [7, 11) is 0. The Morgan fingerprint density at radius 1 is 1.13 bits per heavy atom. The van der Waals surface area contributed by atoms with Crippen LogP contribution >= 0.6 is 23.2 Å². The topological polar surface area (TPSA) is 69.3 Å². The summed E-state index contributed by atoms with van der Waals surface area (Å²) in [5.74, 6) is 0.720. The number of hydrogen-bond donors (Lipinski definition) is 1. The zero-order valence-corrected chi connectivity index (χ0v) is 18.2. The van der Waals surface area contributed by atoms with Gasteiger partial charge in [0.25, 0.3) is 5.91 Å². The molecule has 158 valence electrons. The van der Waals surface area contributed by atoms with Crippen LogP contribution in [0.5, 0.6) is 5.75 Å². The standard InChI is InChI=1S/C23H19Cl2N3O3/c1-15-5-7-16(8-6-15)12-28-13-17(11-26-28)27-23(29)21-10-9-18(31-21)14-30-20-4-2-3-19(24)22(20)25/h2-11,13H,12,14H2,1H3,(H,27,29). The molecule has 0 saturated carbocycles. The van der Waals surface area contributed by atoms with Crippen LogP contribution in [0.2, 0.25) is 10.0 Å². The molecule has 1 N–H and O–H groups in total.